The molecule has 40 heavy (non-hydrogen) atoms. The molecule has 3 unspecified atom stereocenters. The third-order valence-electron chi connectivity index (χ3n) is 7.00. The molecule has 0 heterocycles. The largest absolute Gasteiger partial charge is 0.756 e. The number of rotatable bonds is 28. The summed E-state index contributed by atoms with van der Waals surface area (Å²) in [6.45, 7) is 4.54. The minimum atomic E-state index is -4.56. The first-order chi connectivity index (χ1) is 19.0. The van der Waals surface area contributed by atoms with E-state index in [0.717, 1.165) is 38.5 Å². The molecule has 0 saturated carbocycles. The number of aliphatic hydroxyl groups is 1. The molecule has 0 aliphatic carbocycles. The highest BCUT2D eigenvalue weighted by Gasteiger charge is 2.23. The Hall–Kier alpha value is -0.760. The molecule has 0 aromatic carbocycles. The summed E-state index contributed by atoms with van der Waals surface area (Å²) in [7, 11) is 1.26. The molecule has 0 bridgehead atoms. The van der Waals surface area contributed by atoms with Crippen LogP contribution in [0.25, 0.3) is 0 Å². The van der Waals surface area contributed by atoms with Gasteiger partial charge in [-0.25, -0.2) is 0 Å². The highest BCUT2D eigenvalue weighted by molar-refractivity contribution is 7.45. The fourth-order valence-corrected chi connectivity index (χ4v) is 5.05. The third-order valence-corrected chi connectivity index (χ3v) is 7.96. The number of hydrogen-bond acceptors (Lipinski definition) is 6. The van der Waals surface area contributed by atoms with Crippen molar-refractivity contribution >= 4 is 13.7 Å². The first kappa shape index (κ1) is 39.2. The lowest BCUT2D eigenvalue weighted by Crippen LogP contribution is -2.45. The molecule has 0 spiro atoms. The van der Waals surface area contributed by atoms with E-state index in [1.165, 1.54) is 70.6 Å². The molecule has 0 aromatic heterocycles. The van der Waals surface area contributed by atoms with E-state index in [-0.39, 0.29) is 19.1 Å². The number of nitrogens with zero attached hydrogens (tertiary/aromatic N) is 1. The molecule has 2 N–H and O–H groups in total. The number of phosphoric ester groups is 1. The lowest BCUT2D eigenvalue weighted by molar-refractivity contribution is -0.870. The van der Waals surface area contributed by atoms with Crippen molar-refractivity contribution in [1.82, 2.24) is 5.32 Å². The fraction of sp³-hybridized carbons (Fsp3) is 0.903. The van der Waals surface area contributed by atoms with Crippen LogP contribution in [0.3, 0.4) is 0 Å². The summed E-state index contributed by atoms with van der Waals surface area (Å²) < 4.78 is 22.9. The fourth-order valence-electron chi connectivity index (χ4n) is 4.33. The van der Waals surface area contributed by atoms with Crippen LogP contribution in [0.15, 0.2) is 12.2 Å². The van der Waals surface area contributed by atoms with Gasteiger partial charge in [-0.05, 0) is 19.3 Å². The summed E-state index contributed by atoms with van der Waals surface area (Å²) in [6, 6.07) is -0.874. The maximum atomic E-state index is 12.6. The van der Waals surface area contributed by atoms with Gasteiger partial charge in [-0.15, -0.1) is 0 Å². The maximum Gasteiger partial charge on any atom is 0.268 e. The highest BCUT2D eigenvalue weighted by atomic mass is 31.2. The van der Waals surface area contributed by atoms with Gasteiger partial charge in [0, 0.05) is 6.42 Å². The van der Waals surface area contributed by atoms with Gasteiger partial charge in [0.05, 0.1) is 39.9 Å². The number of phosphoric acid groups is 1. The molecule has 0 aliphatic heterocycles. The lowest BCUT2D eigenvalue weighted by Gasteiger charge is -2.29. The topological polar surface area (TPSA) is 108 Å². The number of carbonyl (C=O) groups excluding carboxylic acids is 1. The average molecular weight is 591 g/mol. The van der Waals surface area contributed by atoms with Gasteiger partial charge >= 0.3 is 0 Å². The SMILES string of the molecule is CCCCCCC/C=C/C(O)C(COP(=O)([O-])OCC[N+](C)(C)C)NC(=O)CCCCCCCCCCCCC. The van der Waals surface area contributed by atoms with Crippen molar-refractivity contribution < 1.29 is 32.9 Å². The normalized spacial score (nSPS) is 15.3. The molecular formula is C31H63N2O6P. The van der Waals surface area contributed by atoms with Gasteiger partial charge in [-0.2, -0.15) is 0 Å². The van der Waals surface area contributed by atoms with Crippen molar-refractivity contribution in [2.45, 2.75) is 142 Å². The molecule has 3 atom stereocenters. The van der Waals surface area contributed by atoms with Crippen LogP contribution in [0.4, 0.5) is 0 Å². The van der Waals surface area contributed by atoms with Crippen LogP contribution < -0.4 is 10.2 Å². The van der Waals surface area contributed by atoms with Crippen molar-refractivity contribution in [2.24, 2.45) is 0 Å². The zero-order valence-electron chi connectivity index (χ0n) is 26.5. The van der Waals surface area contributed by atoms with Crippen LogP contribution >= 0.6 is 7.82 Å². The first-order valence-corrected chi connectivity index (χ1v) is 17.5. The van der Waals surface area contributed by atoms with Gasteiger partial charge in [0.15, 0.2) is 0 Å². The minimum Gasteiger partial charge on any atom is -0.756 e. The van der Waals surface area contributed by atoms with Crippen molar-refractivity contribution in [3.05, 3.63) is 12.2 Å². The highest BCUT2D eigenvalue weighted by Crippen LogP contribution is 2.38. The molecule has 0 rings (SSSR count). The van der Waals surface area contributed by atoms with Crippen molar-refractivity contribution in [2.75, 3.05) is 40.9 Å². The van der Waals surface area contributed by atoms with E-state index in [1.807, 2.05) is 27.2 Å². The van der Waals surface area contributed by atoms with Crippen LogP contribution in [0.1, 0.15) is 129 Å². The number of carbonyl (C=O) groups is 1. The van der Waals surface area contributed by atoms with E-state index in [1.54, 1.807) is 6.08 Å². The maximum absolute atomic E-state index is 12.6. The molecule has 9 heteroatoms. The van der Waals surface area contributed by atoms with E-state index in [4.69, 9.17) is 9.05 Å². The number of unbranched alkanes of at least 4 members (excludes halogenated alkanes) is 15. The zero-order valence-corrected chi connectivity index (χ0v) is 27.4. The van der Waals surface area contributed by atoms with E-state index in [2.05, 4.69) is 19.2 Å². The number of amides is 1. The Kier molecular flexibility index (Phi) is 24.3. The summed E-state index contributed by atoms with van der Waals surface area (Å²) in [5, 5.41) is 13.5. The summed E-state index contributed by atoms with van der Waals surface area (Å²) in [5.41, 5.74) is 0. The van der Waals surface area contributed by atoms with Crippen molar-refractivity contribution in [3.8, 4) is 0 Å². The number of allylic oxidation sites excluding steroid dienone is 1. The Morgan fingerprint density at radius 1 is 0.850 bits per heavy atom. The molecule has 0 aliphatic rings. The van der Waals surface area contributed by atoms with Crippen LogP contribution in [0.2, 0.25) is 0 Å². The molecule has 8 nitrogen and oxygen atoms in total. The summed E-state index contributed by atoms with van der Waals surface area (Å²) >= 11 is 0. The Bertz CT molecular complexity index is 683. The second-order valence-corrected chi connectivity index (χ2v) is 13.6. The van der Waals surface area contributed by atoms with Crippen LogP contribution in [-0.2, 0) is 18.4 Å². The molecule has 0 aromatic rings. The molecule has 0 saturated heterocycles. The average Bonchev–Trinajstić information content (AvgIpc) is 2.88. The van der Waals surface area contributed by atoms with Crippen LogP contribution in [0, 0.1) is 0 Å². The number of aliphatic hydroxyl groups excluding tert-OH is 1. The summed E-state index contributed by atoms with van der Waals surface area (Å²) in [5.74, 6) is -0.205. The number of quaternary nitrogens is 1. The molecule has 0 radical (unpaired) electrons. The number of likely N-dealkylation sites (N-methyl/N-ethyl adjacent to an activating group) is 1. The monoisotopic (exact) mass is 590 g/mol. The first-order valence-electron chi connectivity index (χ1n) is 16.1. The summed E-state index contributed by atoms with van der Waals surface area (Å²) in [6.07, 6.45) is 22.7. The van der Waals surface area contributed by atoms with Crippen molar-refractivity contribution in [3.63, 3.8) is 0 Å². The van der Waals surface area contributed by atoms with Crippen LogP contribution in [0.5, 0.6) is 0 Å². The number of nitrogens with one attached hydrogen (secondary N) is 1. The molecule has 0 fully saturated rings. The van der Waals surface area contributed by atoms with Crippen molar-refractivity contribution in [1.29, 1.82) is 0 Å². The smallest absolute Gasteiger partial charge is 0.268 e. The van der Waals surface area contributed by atoms with Gasteiger partial charge in [0.25, 0.3) is 7.82 Å². The molecular weight excluding hydrogens is 527 g/mol. The second kappa shape index (κ2) is 24.8. The summed E-state index contributed by atoms with van der Waals surface area (Å²) in [4.78, 5) is 24.9. The predicted octanol–water partition coefficient (Wildman–Crippen LogP) is 6.66. The van der Waals surface area contributed by atoms with E-state index in [9.17, 15) is 19.4 Å². The van der Waals surface area contributed by atoms with Gasteiger partial charge in [0.2, 0.25) is 5.91 Å². The second-order valence-electron chi connectivity index (χ2n) is 12.2. The van der Waals surface area contributed by atoms with Crippen LogP contribution in [-0.4, -0.2) is 68.5 Å². The van der Waals surface area contributed by atoms with E-state index >= 15 is 0 Å². The van der Waals surface area contributed by atoms with E-state index in [0.29, 0.717) is 17.4 Å². The third kappa shape index (κ3) is 26.2. The standard InChI is InChI=1S/C31H63N2O6P/c1-6-8-10-12-14-15-16-17-19-21-23-25-31(35)32-29(30(34)24-22-20-18-13-11-9-7-2)28-39-40(36,37)38-27-26-33(3,4)5/h22,24,29-30,34H,6-21,23,25-28H2,1-5H3,(H-,32,35,36,37)/b24-22+. The van der Waals surface area contributed by atoms with Gasteiger partial charge in [-0.3, -0.25) is 9.36 Å². The Morgan fingerprint density at radius 3 is 1.88 bits per heavy atom. The van der Waals surface area contributed by atoms with Gasteiger partial charge in [0.1, 0.15) is 13.2 Å². The Balaban J connectivity index is 4.59. The predicted molar refractivity (Wildman–Crippen MR) is 164 cm³/mol. The lowest BCUT2D eigenvalue weighted by atomic mass is 10.0. The van der Waals surface area contributed by atoms with Gasteiger partial charge in [-0.1, -0.05) is 116 Å². The molecule has 1 amide bonds. The number of hydrogen-bond donors (Lipinski definition) is 2. The quantitative estimate of drug-likeness (QED) is 0.0457. The molecule has 238 valence electrons. The zero-order chi connectivity index (χ0) is 30.1. The Morgan fingerprint density at radius 2 is 1.35 bits per heavy atom. The Labute approximate surface area is 246 Å². The van der Waals surface area contributed by atoms with E-state index < -0.39 is 20.0 Å². The van der Waals surface area contributed by atoms with Gasteiger partial charge < -0.3 is 28.8 Å². The minimum absolute atomic E-state index is 0.000643.